The van der Waals surface area contributed by atoms with Gasteiger partial charge in [-0.2, -0.15) is 5.10 Å². The van der Waals surface area contributed by atoms with Gasteiger partial charge in [-0.05, 0) is 6.42 Å². The van der Waals surface area contributed by atoms with Gasteiger partial charge in [0.2, 0.25) is 0 Å². The van der Waals surface area contributed by atoms with Gasteiger partial charge in [-0.15, -0.1) is 0 Å². The Morgan fingerprint density at radius 2 is 2.06 bits per heavy atom. The van der Waals surface area contributed by atoms with E-state index in [1.807, 2.05) is 37.4 Å². The monoisotopic (exact) mass is 229 g/mol. The van der Waals surface area contributed by atoms with E-state index in [1.165, 1.54) is 6.33 Å². The van der Waals surface area contributed by atoms with E-state index in [-0.39, 0.29) is 5.78 Å². The van der Waals surface area contributed by atoms with Crippen LogP contribution in [0.1, 0.15) is 29.0 Å². The van der Waals surface area contributed by atoms with Gasteiger partial charge < -0.3 is 0 Å². The van der Waals surface area contributed by atoms with Crippen molar-refractivity contribution in [3.8, 4) is 0 Å². The number of hydrogen-bond acceptors (Lipinski definition) is 3. The number of benzene rings is 1. The number of nitrogens with zero attached hydrogens (tertiary/aromatic N) is 3. The highest BCUT2D eigenvalue weighted by Crippen LogP contribution is 2.07. The smallest absolute Gasteiger partial charge is 0.162 e. The van der Waals surface area contributed by atoms with Crippen LogP contribution in [0, 0.1) is 0 Å². The van der Waals surface area contributed by atoms with Gasteiger partial charge in [0.1, 0.15) is 12.2 Å². The molecule has 1 heterocycles. The molecule has 4 nitrogen and oxygen atoms in total. The molecule has 1 aromatic carbocycles. The van der Waals surface area contributed by atoms with Gasteiger partial charge in [0.25, 0.3) is 0 Å². The van der Waals surface area contributed by atoms with Crippen LogP contribution in [-0.2, 0) is 13.5 Å². The maximum Gasteiger partial charge on any atom is 0.162 e. The quantitative estimate of drug-likeness (QED) is 0.737. The predicted octanol–water partition coefficient (Wildman–Crippen LogP) is 2.02. The zero-order valence-electron chi connectivity index (χ0n) is 9.84. The second-order valence-electron chi connectivity index (χ2n) is 3.94. The Bertz CT molecular complexity index is 490. The first-order valence-electron chi connectivity index (χ1n) is 5.68. The Balaban J connectivity index is 1.84. The normalized spacial score (nSPS) is 10.4. The third-order valence-corrected chi connectivity index (χ3v) is 2.71. The van der Waals surface area contributed by atoms with E-state index in [0.29, 0.717) is 6.42 Å². The highest BCUT2D eigenvalue weighted by molar-refractivity contribution is 5.95. The van der Waals surface area contributed by atoms with Crippen molar-refractivity contribution in [2.45, 2.75) is 19.3 Å². The Hall–Kier alpha value is -1.97. The number of ketones is 1. The van der Waals surface area contributed by atoms with Crippen LogP contribution in [0.2, 0.25) is 0 Å². The molecule has 0 bridgehead atoms. The maximum absolute atomic E-state index is 11.8. The molecule has 2 rings (SSSR count). The molecule has 0 saturated carbocycles. The van der Waals surface area contributed by atoms with Gasteiger partial charge in [0.15, 0.2) is 5.78 Å². The number of carbonyl (C=O) groups is 1. The van der Waals surface area contributed by atoms with Crippen LogP contribution < -0.4 is 0 Å². The second-order valence-corrected chi connectivity index (χ2v) is 3.94. The van der Waals surface area contributed by atoms with E-state index in [2.05, 4.69) is 10.1 Å². The number of aryl methyl sites for hydroxylation is 2. The van der Waals surface area contributed by atoms with E-state index in [1.54, 1.807) is 4.68 Å². The Kier molecular flexibility index (Phi) is 3.65. The molecule has 0 amide bonds. The fourth-order valence-corrected chi connectivity index (χ4v) is 1.72. The van der Waals surface area contributed by atoms with Gasteiger partial charge in [-0.1, -0.05) is 30.3 Å². The Labute approximate surface area is 100 Å². The largest absolute Gasteiger partial charge is 0.294 e. The Morgan fingerprint density at radius 3 is 2.71 bits per heavy atom. The van der Waals surface area contributed by atoms with E-state index in [0.717, 1.165) is 24.2 Å². The summed E-state index contributed by atoms with van der Waals surface area (Å²) in [6.45, 7) is 0. The van der Waals surface area contributed by atoms with Crippen molar-refractivity contribution in [1.29, 1.82) is 0 Å². The summed E-state index contributed by atoms with van der Waals surface area (Å²) in [4.78, 5) is 15.9. The van der Waals surface area contributed by atoms with Crippen molar-refractivity contribution in [3.05, 3.63) is 48.0 Å². The molecule has 0 radical (unpaired) electrons. The topological polar surface area (TPSA) is 47.8 Å². The van der Waals surface area contributed by atoms with Crippen LogP contribution in [0.25, 0.3) is 0 Å². The standard InChI is InChI=1S/C13H15N3O/c1-16-13(14-10-15-16)9-5-8-12(17)11-6-3-2-4-7-11/h2-4,6-7,10H,5,8-9H2,1H3. The molecule has 0 fully saturated rings. The maximum atomic E-state index is 11.8. The zero-order valence-corrected chi connectivity index (χ0v) is 9.84. The molecule has 0 atom stereocenters. The molecule has 2 aromatic rings. The summed E-state index contributed by atoms with van der Waals surface area (Å²) in [6, 6.07) is 9.39. The van der Waals surface area contributed by atoms with Crippen LogP contribution >= 0.6 is 0 Å². The number of aromatic nitrogens is 3. The van der Waals surface area contributed by atoms with Gasteiger partial charge in [-0.3, -0.25) is 9.48 Å². The van der Waals surface area contributed by atoms with Crippen molar-refractivity contribution >= 4 is 5.78 Å². The molecule has 0 aliphatic rings. The molecular weight excluding hydrogens is 214 g/mol. The average Bonchev–Trinajstić information content (AvgIpc) is 2.76. The lowest BCUT2D eigenvalue weighted by Gasteiger charge is -2.01. The highest BCUT2D eigenvalue weighted by atomic mass is 16.1. The summed E-state index contributed by atoms with van der Waals surface area (Å²) in [5, 5.41) is 3.99. The predicted molar refractivity (Wildman–Crippen MR) is 64.7 cm³/mol. The molecule has 0 aliphatic carbocycles. The summed E-state index contributed by atoms with van der Waals surface area (Å²) in [7, 11) is 1.86. The van der Waals surface area contributed by atoms with Crippen LogP contribution in [0.3, 0.4) is 0 Å². The molecule has 17 heavy (non-hydrogen) atoms. The highest BCUT2D eigenvalue weighted by Gasteiger charge is 2.06. The first-order chi connectivity index (χ1) is 8.27. The molecule has 0 aliphatic heterocycles. The van der Waals surface area contributed by atoms with Gasteiger partial charge in [-0.25, -0.2) is 4.98 Å². The van der Waals surface area contributed by atoms with Crippen LogP contribution in [0.4, 0.5) is 0 Å². The van der Waals surface area contributed by atoms with E-state index < -0.39 is 0 Å². The van der Waals surface area contributed by atoms with Crippen molar-refractivity contribution < 1.29 is 4.79 Å². The third kappa shape index (κ3) is 3.00. The average molecular weight is 229 g/mol. The van der Waals surface area contributed by atoms with Crippen molar-refractivity contribution in [1.82, 2.24) is 14.8 Å². The minimum Gasteiger partial charge on any atom is -0.294 e. The van der Waals surface area contributed by atoms with E-state index in [9.17, 15) is 4.79 Å². The summed E-state index contributed by atoms with van der Waals surface area (Å²) < 4.78 is 1.74. The fraction of sp³-hybridized carbons (Fsp3) is 0.308. The minimum absolute atomic E-state index is 0.188. The summed E-state index contributed by atoms with van der Waals surface area (Å²) in [5.41, 5.74) is 0.783. The van der Waals surface area contributed by atoms with Gasteiger partial charge >= 0.3 is 0 Å². The summed E-state index contributed by atoms with van der Waals surface area (Å²) in [5.74, 6) is 1.11. The molecule has 1 aromatic heterocycles. The molecular formula is C13H15N3O. The second kappa shape index (κ2) is 5.39. The number of hydrogen-bond donors (Lipinski definition) is 0. The lowest BCUT2D eigenvalue weighted by Crippen LogP contribution is -2.03. The van der Waals surface area contributed by atoms with Crippen molar-refractivity contribution in [2.75, 3.05) is 0 Å². The summed E-state index contributed by atoms with van der Waals surface area (Å²) in [6.07, 6.45) is 3.68. The zero-order chi connectivity index (χ0) is 12.1. The van der Waals surface area contributed by atoms with Crippen molar-refractivity contribution in [3.63, 3.8) is 0 Å². The van der Waals surface area contributed by atoms with Crippen LogP contribution in [-0.4, -0.2) is 20.5 Å². The first-order valence-corrected chi connectivity index (χ1v) is 5.68. The van der Waals surface area contributed by atoms with E-state index in [4.69, 9.17) is 0 Å². The number of carbonyl (C=O) groups excluding carboxylic acids is 1. The third-order valence-electron chi connectivity index (χ3n) is 2.71. The molecule has 0 saturated heterocycles. The van der Waals surface area contributed by atoms with Crippen LogP contribution in [0.15, 0.2) is 36.7 Å². The molecule has 0 N–H and O–H groups in total. The lowest BCUT2D eigenvalue weighted by atomic mass is 10.1. The molecule has 0 spiro atoms. The molecule has 4 heteroatoms. The molecule has 0 unspecified atom stereocenters. The number of Topliss-reactive ketones (excluding diaryl/α,β-unsaturated/α-hetero) is 1. The summed E-state index contributed by atoms with van der Waals surface area (Å²) >= 11 is 0. The minimum atomic E-state index is 0.188. The van der Waals surface area contributed by atoms with Crippen molar-refractivity contribution in [2.24, 2.45) is 7.05 Å². The number of rotatable bonds is 5. The Morgan fingerprint density at radius 1 is 1.29 bits per heavy atom. The SMILES string of the molecule is Cn1ncnc1CCCC(=O)c1ccccc1. The lowest BCUT2D eigenvalue weighted by molar-refractivity contribution is 0.0980. The van der Waals surface area contributed by atoms with Crippen LogP contribution in [0.5, 0.6) is 0 Å². The van der Waals surface area contributed by atoms with E-state index >= 15 is 0 Å². The fourth-order valence-electron chi connectivity index (χ4n) is 1.72. The first kappa shape index (κ1) is 11.5. The van der Waals surface area contributed by atoms with Gasteiger partial charge in [0, 0.05) is 25.5 Å². The molecule has 88 valence electrons. The van der Waals surface area contributed by atoms with Gasteiger partial charge in [0.05, 0.1) is 0 Å².